The molecule has 1 aromatic heterocycles. The Bertz CT molecular complexity index is 1010. The van der Waals surface area contributed by atoms with Crippen LogP contribution in [0, 0.1) is 0 Å². The van der Waals surface area contributed by atoms with E-state index in [4.69, 9.17) is 27.7 Å². The molecule has 10 heteroatoms. The van der Waals surface area contributed by atoms with E-state index < -0.39 is 27.3 Å². The second-order valence-corrected chi connectivity index (χ2v) is 8.43. The van der Waals surface area contributed by atoms with Gasteiger partial charge in [-0.15, -0.1) is 0 Å². The Morgan fingerprint density at radius 1 is 1.24 bits per heavy atom. The Balaban J connectivity index is 2.16. The number of halogens is 2. The fraction of sp³-hybridized carbons (Fsp3) is 0.267. The summed E-state index contributed by atoms with van der Waals surface area (Å²) in [6.45, 7) is 0. The number of hydrogen-bond donors (Lipinski definition) is 1. The van der Waals surface area contributed by atoms with Crippen LogP contribution in [0.3, 0.4) is 0 Å². The summed E-state index contributed by atoms with van der Waals surface area (Å²) in [5, 5.41) is 12.1. The third-order valence-electron chi connectivity index (χ3n) is 3.79. The van der Waals surface area contributed by atoms with Gasteiger partial charge in [0.05, 0.1) is 14.9 Å². The van der Waals surface area contributed by atoms with E-state index in [1.54, 1.807) is 0 Å². The van der Waals surface area contributed by atoms with Crippen molar-refractivity contribution in [1.82, 2.24) is 5.16 Å². The lowest BCUT2D eigenvalue weighted by molar-refractivity contribution is 0.0682. The predicted octanol–water partition coefficient (Wildman–Crippen LogP) is 3.19. The minimum atomic E-state index is -3.64. The van der Waals surface area contributed by atoms with E-state index in [2.05, 4.69) is 5.16 Å². The number of ketones is 1. The summed E-state index contributed by atoms with van der Waals surface area (Å²) in [6, 6.07) is 2.35. The van der Waals surface area contributed by atoms with Gasteiger partial charge in [-0.25, -0.2) is 13.2 Å². The molecule has 1 fully saturated rings. The van der Waals surface area contributed by atoms with Gasteiger partial charge < -0.3 is 9.63 Å². The molecule has 7 nitrogen and oxygen atoms in total. The number of rotatable bonds is 5. The van der Waals surface area contributed by atoms with Crippen molar-refractivity contribution in [3.05, 3.63) is 44.8 Å². The molecule has 25 heavy (non-hydrogen) atoms. The molecule has 2 aromatic rings. The van der Waals surface area contributed by atoms with Crippen molar-refractivity contribution in [2.45, 2.75) is 23.7 Å². The molecule has 0 radical (unpaired) electrons. The first-order valence-corrected chi connectivity index (χ1v) is 9.73. The Morgan fingerprint density at radius 2 is 1.88 bits per heavy atom. The average Bonchev–Trinajstić information content (AvgIpc) is 3.26. The Labute approximate surface area is 152 Å². The van der Waals surface area contributed by atoms with Gasteiger partial charge >= 0.3 is 5.97 Å². The van der Waals surface area contributed by atoms with Crippen molar-refractivity contribution < 1.29 is 27.6 Å². The Morgan fingerprint density at radius 3 is 2.40 bits per heavy atom. The third-order valence-corrected chi connectivity index (χ3v) is 5.92. The number of hydrogen-bond acceptors (Lipinski definition) is 6. The lowest BCUT2D eigenvalue weighted by Crippen LogP contribution is -2.11. The van der Waals surface area contributed by atoms with Gasteiger partial charge in [0.25, 0.3) is 0 Å². The molecule has 1 aliphatic carbocycles. The number of benzene rings is 1. The highest BCUT2D eigenvalue weighted by Crippen LogP contribution is 2.43. The highest BCUT2D eigenvalue weighted by Gasteiger charge is 2.37. The van der Waals surface area contributed by atoms with Crippen LogP contribution < -0.4 is 0 Å². The minimum Gasteiger partial charge on any atom is -0.476 e. The molecule has 0 aliphatic heterocycles. The maximum Gasteiger partial charge on any atom is 0.358 e. The molecule has 1 aromatic carbocycles. The second kappa shape index (κ2) is 6.12. The molecule has 0 unspecified atom stereocenters. The summed E-state index contributed by atoms with van der Waals surface area (Å²) in [5.41, 5.74) is -0.807. The van der Waals surface area contributed by atoms with Gasteiger partial charge in [0.1, 0.15) is 5.56 Å². The summed E-state index contributed by atoms with van der Waals surface area (Å²) < 4.78 is 28.4. The largest absolute Gasteiger partial charge is 0.476 e. The zero-order valence-corrected chi connectivity index (χ0v) is 15.1. The molecule has 1 aliphatic rings. The van der Waals surface area contributed by atoms with Gasteiger partial charge in [-0.1, -0.05) is 28.4 Å². The van der Waals surface area contributed by atoms with Crippen molar-refractivity contribution in [3.63, 3.8) is 0 Å². The van der Waals surface area contributed by atoms with E-state index in [0.29, 0.717) is 0 Å². The zero-order valence-electron chi connectivity index (χ0n) is 12.7. The smallest absolute Gasteiger partial charge is 0.358 e. The van der Waals surface area contributed by atoms with Crippen LogP contribution in [0.5, 0.6) is 0 Å². The van der Waals surface area contributed by atoms with Gasteiger partial charge in [0.15, 0.2) is 15.6 Å². The van der Waals surface area contributed by atoms with Crippen LogP contribution in [-0.4, -0.2) is 36.7 Å². The standard InChI is InChI=1S/C15H11Cl2NO6S/c1-25(22,23)8-5-4-7(10(16)11(8)17)13(19)9-12(15(20)21)18-24-14(9)6-2-3-6/h4-6H,2-3H2,1H3,(H,20,21). The summed E-state index contributed by atoms with van der Waals surface area (Å²) in [7, 11) is -3.64. The molecular weight excluding hydrogens is 393 g/mol. The maximum absolute atomic E-state index is 12.9. The van der Waals surface area contributed by atoms with E-state index in [-0.39, 0.29) is 37.7 Å². The van der Waals surface area contributed by atoms with Crippen LogP contribution in [0.4, 0.5) is 0 Å². The zero-order chi connectivity index (χ0) is 18.5. The summed E-state index contributed by atoms with van der Waals surface area (Å²) in [4.78, 5) is 24.0. The highest BCUT2D eigenvalue weighted by molar-refractivity contribution is 7.90. The van der Waals surface area contributed by atoms with Crippen LogP contribution in [-0.2, 0) is 9.84 Å². The Hall–Kier alpha value is -1.90. The number of aromatic nitrogens is 1. The summed E-state index contributed by atoms with van der Waals surface area (Å²) >= 11 is 12.1. The van der Waals surface area contributed by atoms with Crippen molar-refractivity contribution in [2.24, 2.45) is 0 Å². The first kappa shape index (κ1) is 17.9. The van der Waals surface area contributed by atoms with Crippen molar-refractivity contribution in [3.8, 4) is 0 Å². The van der Waals surface area contributed by atoms with Gasteiger partial charge in [-0.3, -0.25) is 4.79 Å². The number of nitrogens with zero attached hydrogens (tertiary/aromatic N) is 1. The first-order valence-electron chi connectivity index (χ1n) is 7.08. The number of carbonyl (C=O) groups excluding carboxylic acids is 1. The average molecular weight is 404 g/mol. The number of aromatic carboxylic acids is 1. The molecule has 132 valence electrons. The van der Waals surface area contributed by atoms with E-state index in [0.717, 1.165) is 25.2 Å². The van der Waals surface area contributed by atoms with E-state index in [1.807, 2.05) is 0 Å². The van der Waals surface area contributed by atoms with Crippen molar-refractivity contribution in [1.29, 1.82) is 0 Å². The lowest BCUT2D eigenvalue weighted by atomic mass is 9.99. The van der Waals surface area contributed by atoms with Gasteiger partial charge in [0, 0.05) is 17.7 Å². The third kappa shape index (κ3) is 3.17. The summed E-state index contributed by atoms with van der Waals surface area (Å²) in [6.07, 6.45) is 2.48. The molecule has 1 heterocycles. The van der Waals surface area contributed by atoms with E-state index in [1.165, 1.54) is 6.07 Å². The number of carboxylic acids is 1. The van der Waals surface area contributed by atoms with Crippen LogP contribution in [0.15, 0.2) is 21.6 Å². The monoisotopic (exact) mass is 403 g/mol. The molecule has 0 bridgehead atoms. The van der Waals surface area contributed by atoms with Crippen molar-refractivity contribution >= 4 is 44.8 Å². The molecule has 0 spiro atoms. The number of sulfone groups is 1. The maximum atomic E-state index is 12.9. The quantitative estimate of drug-likeness (QED) is 0.761. The van der Waals surface area contributed by atoms with Gasteiger partial charge in [0.2, 0.25) is 11.5 Å². The number of carbonyl (C=O) groups is 2. The van der Waals surface area contributed by atoms with E-state index in [9.17, 15) is 23.1 Å². The molecule has 0 amide bonds. The van der Waals surface area contributed by atoms with Gasteiger partial charge in [-0.05, 0) is 25.0 Å². The molecule has 0 saturated heterocycles. The Kier molecular flexibility index (Phi) is 4.38. The van der Waals surface area contributed by atoms with Crippen LogP contribution >= 0.6 is 23.2 Å². The fourth-order valence-electron chi connectivity index (χ4n) is 2.42. The predicted molar refractivity (Wildman–Crippen MR) is 88.4 cm³/mol. The SMILES string of the molecule is CS(=O)(=O)c1ccc(C(=O)c2c(C(=O)O)noc2C2CC2)c(Cl)c1Cl. The molecule has 1 saturated carbocycles. The first-order chi connectivity index (χ1) is 11.6. The molecule has 0 atom stereocenters. The lowest BCUT2D eigenvalue weighted by Gasteiger charge is -2.09. The topological polar surface area (TPSA) is 115 Å². The normalized spacial score (nSPS) is 14.5. The van der Waals surface area contributed by atoms with Crippen molar-refractivity contribution in [2.75, 3.05) is 6.26 Å². The van der Waals surface area contributed by atoms with Crippen LogP contribution in [0.25, 0.3) is 0 Å². The molecular formula is C15H11Cl2NO6S. The second-order valence-electron chi connectivity index (χ2n) is 5.69. The van der Waals surface area contributed by atoms with Crippen LogP contribution in [0.2, 0.25) is 10.0 Å². The fourth-order valence-corrected chi connectivity index (χ4v) is 4.06. The number of carboxylic acid groups (broad SMARTS) is 1. The molecule has 1 N–H and O–H groups in total. The highest BCUT2D eigenvalue weighted by atomic mass is 35.5. The van der Waals surface area contributed by atoms with Crippen LogP contribution in [0.1, 0.15) is 50.9 Å². The van der Waals surface area contributed by atoms with E-state index >= 15 is 0 Å². The summed E-state index contributed by atoms with van der Waals surface area (Å²) in [5.74, 6) is -2.01. The minimum absolute atomic E-state index is 0.0657. The molecule has 3 rings (SSSR count). The van der Waals surface area contributed by atoms with Gasteiger partial charge in [-0.2, -0.15) is 0 Å².